The lowest BCUT2D eigenvalue weighted by atomic mass is 10.2. The van der Waals surface area contributed by atoms with Crippen molar-refractivity contribution in [2.45, 2.75) is 19.6 Å². The smallest absolute Gasteiger partial charge is 0.261 e. The molecule has 0 aliphatic carbocycles. The van der Waals surface area contributed by atoms with Gasteiger partial charge >= 0.3 is 0 Å². The first-order valence-corrected chi connectivity index (χ1v) is 6.81. The summed E-state index contributed by atoms with van der Waals surface area (Å²) in [7, 11) is 1.61. The Balaban J connectivity index is 1.84. The fourth-order valence-corrected chi connectivity index (χ4v) is 1.84. The summed E-state index contributed by atoms with van der Waals surface area (Å²) < 4.78 is 10.7. The Morgan fingerprint density at radius 1 is 1.05 bits per heavy atom. The largest absolute Gasteiger partial charge is 0.497 e. The predicted molar refractivity (Wildman–Crippen MR) is 81.4 cm³/mol. The number of nitrogens with one attached hydrogen (secondary N) is 1. The molecule has 2 aromatic carbocycles. The molecule has 0 aliphatic rings. The Bertz CT molecular complexity index is 566. The topological polar surface area (TPSA) is 47.6 Å². The number of ether oxygens (including phenoxy) is 2. The Morgan fingerprint density at radius 2 is 1.67 bits per heavy atom. The lowest BCUT2D eigenvalue weighted by Gasteiger charge is -2.15. The van der Waals surface area contributed by atoms with Crippen LogP contribution in [0.25, 0.3) is 0 Å². The lowest BCUT2D eigenvalue weighted by Crippen LogP contribution is -2.35. The molecule has 0 heterocycles. The molecule has 1 atom stereocenters. The molecule has 0 saturated carbocycles. The highest BCUT2D eigenvalue weighted by atomic mass is 16.5. The molecule has 4 nitrogen and oxygen atoms in total. The second kappa shape index (κ2) is 7.33. The van der Waals surface area contributed by atoms with Crippen molar-refractivity contribution in [3.8, 4) is 11.5 Å². The van der Waals surface area contributed by atoms with Crippen LogP contribution in [0, 0.1) is 0 Å². The van der Waals surface area contributed by atoms with E-state index in [9.17, 15) is 4.79 Å². The summed E-state index contributed by atoms with van der Waals surface area (Å²) in [6.07, 6.45) is -0.554. The van der Waals surface area contributed by atoms with E-state index in [-0.39, 0.29) is 5.91 Å². The zero-order valence-corrected chi connectivity index (χ0v) is 12.2. The van der Waals surface area contributed by atoms with Gasteiger partial charge in [0.05, 0.1) is 7.11 Å². The third-order valence-electron chi connectivity index (χ3n) is 3.05. The van der Waals surface area contributed by atoms with E-state index in [0.29, 0.717) is 12.3 Å². The molecule has 2 aromatic rings. The number of carbonyl (C=O) groups excluding carboxylic acids is 1. The van der Waals surface area contributed by atoms with Crippen LogP contribution >= 0.6 is 0 Å². The van der Waals surface area contributed by atoms with Gasteiger partial charge in [0.1, 0.15) is 11.5 Å². The predicted octanol–water partition coefficient (Wildman–Crippen LogP) is 2.78. The molecular weight excluding hydrogens is 266 g/mol. The molecule has 0 aromatic heterocycles. The van der Waals surface area contributed by atoms with Gasteiger partial charge in [0, 0.05) is 6.54 Å². The van der Waals surface area contributed by atoms with Crippen LogP contribution in [0.5, 0.6) is 11.5 Å². The number of amides is 1. The minimum atomic E-state index is -0.554. The minimum absolute atomic E-state index is 0.144. The fourth-order valence-electron chi connectivity index (χ4n) is 1.84. The van der Waals surface area contributed by atoms with Crippen LogP contribution in [0.3, 0.4) is 0 Å². The number of hydrogen-bond acceptors (Lipinski definition) is 3. The summed E-state index contributed by atoms with van der Waals surface area (Å²) >= 11 is 0. The van der Waals surface area contributed by atoms with Crippen molar-refractivity contribution in [3.05, 3.63) is 60.2 Å². The van der Waals surface area contributed by atoms with Gasteiger partial charge < -0.3 is 14.8 Å². The molecule has 0 spiro atoms. The zero-order chi connectivity index (χ0) is 15.1. The maximum atomic E-state index is 12.0. The van der Waals surface area contributed by atoms with Crippen molar-refractivity contribution < 1.29 is 14.3 Å². The van der Waals surface area contributed by atoms with Gasteiger partial charge in [0.15, 0.2) is 6.10 Å². The van der Waals surface area contributed by atoms with Crippen LogP contribution in [-0.2, 0) is 11.3 Å². The highest BCUT2D eigenvalue weighted by molar-refractivity contribution is 5.80. The second-order valence-corrected chi connectivity index (χ2v) is 4.64. The van der Waals surface area contributed by atoms with Crippen molar-refractivity contribution >= 4 is 5.91 Å². The van der Waals surface area contributed by atoms with Crippen LogP contribution < -0.4 is 14.8 Å². The van der Waals surface area contributed by atoms with E-state index in [2.05, 4.69) is 5.32 Å². The second-order valence-electron chi connectivity index (χ2n) is 4.64. The van der Waals surface area contributed by atoms with Gasteiger partial charge in [-0.15, -0.1) is 0 Å². The average molecular weight is 285 g/mol. The van der Waals surface area contributed by atoms with Crippen LogP contribution in [0.4, 0.5) is 0 Å². The molecule has 1 amide bonds. The first-order chi connectivity index (χ1) is 10.2. The van der Waals surface area contributed by atoms with Gasteiger partial charge in [-0.05, 0) is 36.8 Å². The third-order valence-corrected chi connectivity index (χ3v) is 3.05. The van der Waals surface area contributed by atoms with Crippen LogP contribution in [0.15, 0.2) is 54.6 Å². The van der Waals surface area contributed by atoms with E-state index in [4.69, 9.17) is 9.47 Å². The van der Waals surface area contributed by atoms with E-state index in [1.807, 2.05) is 30.3 Å². The van der Waals surface area contributed by atoms with E-state index in [1.54, 1.807) is 38.3 Å². The van der Waals surface area contributed by atoms with Crippen LogP contribution in [-0.4, -0.2) is 19.1 Å². The van der Waals surface area contributed by atoms with E-state index in [0.717, 1.165) is 11.3 Å². The van der Waals surface area contributed by atoms with E-state index < -0.39 is 6.10 Å². The summed E-state index contributed by atoms with van der Waals surface area (Å²) in [5, 5.41) is 2.85. The first-order valence-electron chi connectivity index (χ1n) is 6.81. The standard InChI is InChI=1S/C17H19NO3/c1-13(21-16-10-8-15(20-2)9-11-16)17(19)18-12-14-6-4-3-5-7-14/h3-11,13H,12H2,1-2H3,(H,18,19)/t13-/m1/s1. The molecule has 0 fully saturated rings. The Kier molecular flexibility index (Phi) is 5.21. The van der Waals surface area contributed by atoms with Gasteiger partial charge in [-0.25, -0.2) is 0 Å². The molecule has 0 unspecified atom stereocenters. The molecule has 0 bridgehead atoms. The highest BCUT2D eigenvalue weighted by Gasteiger charge is 2.14. The summed E-state index contributed by atoms with van der Waals surface area (Å²) in [5.74, 6) is 1.25. The molecule has 0 aliphatic heterocycles. The third kappa shape index (κ3) is 4.53. The normalized spacial score (nSPS) is 11.5. The number of methoxy groups -OCH3 is 1. The molecule has 4 heteroatoms. The zero-order valence-electron chi connectivity index (χ0n) is 12.2. The summed E-state index contributed by atoms with van der Waals surface area (Å²) in [6, 6.07) is 16.9. The van der Waals surface area contributed by atoms with Gasteiger partial charge in [-0.1, -0.05) is 30.3 Å². The van der Waals surface area contributed by atoms with Gasteiger partial charge in [0.25, 0.3) is 5.91 Å². The maximum Gasteiger partial charge on any atom is 0.261 e. The van der Waals surface area contributed by atoms with Crippen molar-refractivity contribution in [1.82, 2.24) is 5.32 Å². The molecule has 1 N–H and O–H groups in total. The average Bonchev–Trinajstić information content (AvgIpc) is 2.54. The van der Waals surface area contributed by atoms with E-state index >= 15 is 0 Å². The molecule has 2 rings (SSSR count). The van der Waals surface area contributed by atoms with Crippen LogP contribution in [0.2, 0.25) is 0 Å². The molecule has 110 valence electrons. The van der Waals surface area contributed by atoms with Crippen molar-refractivity contribution in [3.63, 3.8) is 0 Å². The number of rotatable bonds is 6. The molecule has 0 radical (unpaired) electrons. The van der Waals surface area contributed by atoms with E-state index in [1.165, 1.54) is 0 Å². The SMILES string of the molecule is COc1ccc(O[C@H](C)C(=O)NCc2ccccc2)cc1. The first kappa shape index (κ1) is 14.9. The number of hydrogen-bond donors (Lipinski definition) is 1. The Morgan fingerprint density at radius 3 is 2.29 bits per heavy atom. The maximum absolute atomic E-state index is 12.0. The summed E-state index contributed by atoms with van der Waals surface area (Å²) in [4.78, 5) is 12.0. The quantitative estimate of drug-likeness (QED) is 0.887. The van der Waals surface area contributed by atoms with Gasteiger partial charge in [-0.3, -0.25) is 4.79 Å². The van der Waals surface area contributed by atoms with Crippen molar-refractivity contribution in [2.75, 3.05) is 7.11 Å². The summed E-state index contributed by atoms with van der Waals surface area (Å²) in [6.45, 7) is 2.22. The number of benzene rings is 2. The van der Waals surface area contributed by atoms with Gasteiger partial charge in [0.2, 0.25) is 0 Å². The summed E-state index contributed by atoms with van der Waals surface area (Å²) in [5.41, 5.74) is 1.06. The Hall–Kier alpha value is -2.49. The highest BCUT2D eigenvalue weighted by Crippen LogP contribution is 2.18. The van der Waals surface area contributed by atoms with Crippen LogP contribution in [0.1, 0.15) is 12.5 Å². The van der Waals surface area contributed by atoms with Gasteiger partial charge in [-0.2, -0.15) is 0 Å². The molecule has 21 heavy (non-hydrogen) atoms. The molecule has 0 saturated heterocycles. The molecular formula is C17H19NO3. The van der Waals surface area contributed by atoms with Crippen molar-refractivity contribution in [2.24, 2.45) is 0 Å². The lowest BCUT2D eigenvalue weighted by molar-refractivity contribution is -0.127. The van der Waals surface area contributed by atoms with Crippen molar-refractivity contribution in [1.29, 1.82) is 0 Å². The monoisotopic (exact) mass is 285 g/mol. The number of carbonyl (C=O) groups is 1. The minimum Gasteiger partial charge on any atom is -0.497 e. The fraction of sp³-hybridized carbons (Fsp3) is 0.235. The Labute approximate surface area is 124 Å².